The van der Waals surface area contributed by atoms with Gasteiger partial charge >= 0.3 is 23.5 Å². The molecule has 4 aromatic rings. The van der Waals surface area contributed by atoms with E-state index in [1.54, 1.807) is 11.8 Å². The van der Waals surface area contributed by atoms with Gasteiger partial charge in [-0.15, -0.1) is 11.8 Å². The number of aliphatic hydroxyl groups is 2. The molecule has 7 atom stereocenters. The van der Waals surface area contributed by atoms with Gasteiger partial charge in [0.05, 0.1) is 19.5 Å². The first-order chi connectivity index (χ1) is 30.4. The Morgan fingerprint density at radius 2 is 1.72 bits per heavy atom. The van der Waals surface area contributed by atoms with Crippen LogP contribution in [0.25, 0.3) is 22.3 Å². The van der Waals surface area contributed by atoms with Crippen LogP contribution in [-0.4, -0.2) is 118 Å². The first-order valence-electron chi connectivity index (χ1n) is 20.2. The number of fused-ring (bicyclic) bond motifs is 4. The lowest BCUT2D eigenvalue weighted by Gasteiger charge is -2.30. The maximum atomic E-state index is 12.8. The molecule has 1 aliphatic heterocycles. The third kappa shape index (κ3) is 12.9. The van der Waals surface area contributed by atoms with Crippen LogP contribution < -0.4 is 16.4 Å². The van der Waals surface area contributed by atoms with Crippen molar-refractivity contribution in [1.29, 1.82) is 0 Å². The van der Waals surface area contributed by atoms with Crippen LogP contribution in [-0.2, 0) is 58.7 Å². The van der Waals surface area contributed by atoms with Crippen molar-refractivity contribution >= 4 is 64.0 Å². The van der Waals surface area contributed by atoms with Crippen LogP contribution in [0.1, 0.15) is 57.0 Å². The summed E-state index contributed by atoms with van der Waals surface area (Å²) in [5.41, 5.74) is 10.6. The fourth-order valence-electron chi connectivity index (χ4n) is 7.30. The normalized spacial score (nSPS) is 20.8. The van der Waals surface area contributed by atoms with E-state index in [1.807, 2.05) is 12.1 Å². The van der Waals surface area contributed by atoms with E-state index in [0.29, 0.717) is 18.2 Å². The summed E-state index contributed by atoms with van der Waals surface area (Å²) in [6.07, 6.45) is -5.02. The Bertz CT molecular complexity index is 2530. The van der Waals surface area contributed by atoms with E-state index in [4.69, 9.17) is 19.5 Å². The summed E-state index contributed by atoms with van der Waals surface area (Å²) in [7, 11) is -16.4. The number of phosphoric ester groups is 3. The van der Waals surface area contributed by atoms with Gasteiger partial charge in [0.2, 0.25) is 11.8 Å². The maximum absolute atomic E-state index is 12.8. The number of aliphatic hydroxyl groups excluding tert-OH is 2. The van der Waals surface area contributed by atoms with Gasteiger partial charge in [-0.1, -0.05) is 64.1 Å². The van der Waals surface area contributed by atoms with Crippen molar-refractivity contribution in [1.82, 2.24) is 30.2 Å². The summed E-state index contributed by atoms with van der Waals surface area (Å²) in [5.74, 6) is -0.229. The number of imidazole rings is 1. The summed E-state index contributed by atoms with van der Waals surface area (Å²) in [4.78, 5) is 78.0. The molecule has 3 heterocycles. The van der Waals surface area contributed by atoms with Crippen molar-refractivity contribution in [2.24, 2.45) is 11.3 Å². The van der Waals surface area contributed by atoms with Crippen LogP contribution in [0.2, 0.25) is 0 Å². The lowest BCUT2D eigenvalue weighted by Crippen LogP contribution is -2.46. The molecule has 0 radical (unpaired) electrons. The first kappa shape index (κ1) is 50.7. The van der Waals surface area contributed by atoms with Gasteiger partial charge in [-0.25, -0.2) is 28.6 Å². The molecule has 0 bridgehead atoms. The Kier molecular flexibility index (Phi) is 16.1. The highest BCUT2D eigenvalue weighted by molar-refractivity contribution is 7.99. The van der Waals surface area contributed by atoms with Gasteiger partial charge in [-0.2, -0.15) is 4.31 Å². The second-order valence-corrected chi connectivity index (χ2v) is 21.8. The number of ether oxygens (including phenoxy) is 1. The summed E-state index contributed by atoms with van der Waals surface area (Å²) in [6, 6.07) is 12.8. The number of hydrogen-bond acceptors (Lipinski definition) is 17. The van der Waals surface area contributed by atoms with E-state index < -0.39 is 78.6 Å². The molecule has 2 amide bonds. The number of nitrogen functional groups attached to an aromatic ring is 1. The van der Waals surface area contributed by atoms with Gasteiger partial charge in [0.15, 0.2) is 17.7 Å². The highest BCUT2D eigenvalue weighted by Crippen LogP contribution is 2.61. The molecule has 1 aliphatic carbocycles. The molecule has 2 aromatic carbocycles. The van der Waals surface area contributed by atoms with Crippen molar-refractivity contribution in [3.05, 3.63) is 65.7 Å². The number of amides is 2. The van der Waals surface area contributed by atoms with Crippen LogP contribution in [0.3, 0.4) is 0 Å². The molecule has 1 saturated heterocycles. The molecule has 23 nitrogen and oxygen atoms in total. The van der Waals surface area contributed by atoms with Crippen LogP contribution in [0.15, 0.2) is 53.9 Å². The van der Waals surface area contributed by atoms with Crippen molar-refractivity contribution in [2.75, 3.05) is 37.8 Å². The minimum absolute atomic E-state index is 0.0362. The van der Waals surface area contributed by atoms with Crippen molar-refractivity contribution in [3.63, 3.8) is 0 Å². The van der Waals surface area contributed by atoms with Crippen molar-refractivity contribution in [2.45, 2.75) is 82.5 Å². The summed E-state index contributed by atoms with van der Waals surface area (Å²) < 4.78 is 62.7. The second kappa shape index (κ2) is 20.7. The van der Waals surface area contributed by atoms with E-state index >= 15 is 0 Å². The van der Waals surface area contributed by atoms with Crippen LogP contribution in [0, 0.1) is 11.3 Å². The molecule has 356 valence electrons. The van der Waals surface area contributed by atoms with Crippen LogP contribution >= 0.6 is 35.2 Å². The second-order valence-electron chi connectivity index (χ2n) is 16.4. The molecule has 10 N–H and O–H groups in total. The molecule has 2 aromatic heterocycles. The predicted molar refractivity (Wildman–Crippen MR) is 234 cm³/mol. The molecule has 27 heteroatoms. The standard InChI is InChI=1S/C38H52N7O16P3S/c1-21(2)15-23-9-10-25-24-8-6-5-7-22(24)16-26(25)32(23)65-14-13-40-28(46)11-12-41-36(49)33(48)38(3,4)18-58-64(55,56)61-63(53,54)57-17-27-31(60-62(50,51)52)30(47)37(59-27)45-20-44-29-34(39)42-19-43-35(29)45/h5-10,19-21,27,30-31,33,37,47-48H,11-18H2,1-4H3,(H,40,46)(H,41,49)(H,53,54)(H,55,56)(H2,39,42,43)(H2,50,51,52)/t27-,30-,31-,33+,37-/m1/s1. The van der Waals surface area contributed by atoms with Gasteiger partial charge < -0.3 is 50.9 Å². The predicted octanol–water partition coefficient (Wildman–Crippen LogP) is 2.97. The monoisotopic (exact) mass is 987 g/mol. The first-order valence-corrected chi connectivity index (χ1v) is 25.7. The van der Waals surface area contributed by atoms with E-state index in [9.17, 15) is 53.1 Å². The fourth-order valence-corrected chi connectivity index (χ4v) is 11.2. The number of anilines is 1. The number of aromatic nitrogens is 4. The quantitative estimate of drug-likeness (QED) is 0.0273. The molecular formula is C38H52N7O16P3S. The average Bonchev–Trinajstić information content (AvgIpc) is 3.91. The van der Waals surface area contributed by atoms with Gasteiger partial charge in [0.1, 0.15) is 36.3 Å². The largest absolute Gasteiger partial charge is 0.481 e. The number of benzene rings is 2. The number of nitrogens with two attached hydrogens (primary N) is 1. The smallest absolute Gasteiger partial charge is 0.386 e. The van der Waals surface area contributed by atoms with Gasteiger partial charge in [-0.3, -0.25) is 27.7 Å². The lowest BCUT2D eigenvalue weighted by molar-refractivity contribution is -0.137. The Balaban J connectivity index is 0.940. The number of thioether (sulfide) groups is 1. The summed E-state index contributed by atoms with van der Waals surface area (Å²) in [6.45, 7) is 5.16. The SMILES string of the molecule is CC(C)Cc1ccc2c(c1SCCNC(=O)CCNC(=O)[C@H](O)C(C)(C)COP(=O)(O)OP(=O)(O)OC[C@H]1O[C@@H](n3cnc4c(N)ncnc43)[C@H](O)[C@@H]1OP(=O)(O)O)Cc1ccccc1-2. The van der Waals surface area contributed by atoms with Crippen LogP contribution in [0.5, 0.6) is 0 Å². The van der Waals surface area contributed by atoms with E-state index in [0.717, 1.165) is 30.1 Å². The van der Waals surface area contributed by atoms with Gasteiger partial charge in [-0.05, 0) is 46.6 Å². The average molecular weight is 988 g/mol. The van der Waals surface area contributed by atoms with E-state index in [1.165, 1.54) is 46.6 Å². The highest BCUT2D eigenvalue weighted by Gasteiger charge is 2.50. The number of phosphoric acid groups is 3. The Labute approximate surface area is 377 Å². The van der Waals surface area contributed by atoms with E-state index in [-0.39, 0.29) is 35.9 Å². The minimum Gasteiger partial charge on any atom is -0.386 e. The van der Waals surface area contributed by atoms with E-state index in [2.05, 4.69) is 72.5 Å². The van der Waals surface area contributed by atoms with Gasteiger partial charge in [0, 0.05) is 35.6 Å². The minimum atomic E-state index is -5.57. The number of nitrogens with one attached hydrogen (secondary N) is 2. The molecule has 65 heavy (non-hydrogen) atoms. The van der Waals surface area contributed by atoms with Crippen molar-refractivity contribution < 1.29 is 75.7 Å². The molecular weight excluding hydrogens is 935 g/mol. The zero-order valence-electron chi connectivity index (χ0n) is 35.6. The fraction of sp³-hybridized carbons (Fsp3) is 0.500. The van der Waals surface area contributed by atoms with Crippen LogP contribution in [0.4, 0.5) is 5.82 Å². The Morgan fingerprint density at radius 3 is 2.45 bits per heavy atom. The lowest BCUT2D eigenvalue weighted by atomic mass is 9.87. The topological polar surface area (TPSA) is 347 Å². The molecule has 0 saturated carbocycles. The van der Waals surface area contributed by atoms with Gasteiger partial charge in [0.25, 0.3) is 0 Å². The zero-order valence-corrected chi connectivity index (χ0v) is 39.1. The Hall–Kier alpha value is -3.67. The summed E-state index contributed by atoms with van der Waals surface area (Å²) in [5, 5.41) is 27.0. The van der Waals surface area contributed by atoms with Crippen molar-refractivity contribution in [3.8, 4) is 11.1 Å². The molecule has 6 rings (SSSR count). The zero-order chi connectivity index (χ0) is 47.5. The highest BCUT2D eigenvalue weighted by atomic mass is 32.2. The maximum Gasteiger partial charge on any atom is 0.481 e. The third-order valence-electron chi connectivity index (χ3n) is 10.4. The number of nitrogens with zero attached hydrogens (tertiary/aromatic N) is 4. The molecule has 2 aliphatic rings. The third-order valence-corrected chi connectivity index (χ3v) is 14.7. The number of carbonyl (C=O) groups is 2. The summed E-state index contributed by atoms with van der Waals surface area (Å²) >= 11 is 1.70. The molecule has 1 fully saturated rings. The number of carbonyl (C=O) groups excluding carboxylic acids is 2. The molecule has 0 spiro atoms. The number of hydrogen-bond donors (Lipinski definition) is 9. The number of rotatable bonds is 22. The molecule has 2 unspecified atom stereocenters. The Morgan fingerprint density at radius 1 is 1.00 bits per heavy atom.